The highest BCUT2D eigenvalue weighted by atomic mass is 16.6. The molecule has 0 bridgehead atoms. The molecule has 1 saturated carbocycles. The van der Waals surface area contributed by atoms with Crippen molar-refractivity contribution in [2.75, 3.05) is 0 Å². The second-order valence-corrected chi connectivity index (χ2v) is 6.94. The van der Waals surface area contributed by atoms with E-state index in [-0.39, 0.29) is 23.8 Å². The van der Waals surface area contributed by atoms with Crippen LogP contribution in [0.4, 0.5) is 4.79 Å². The Hall–Kier alpha value is -1.79. The van der Waals surface area contributed by atoms with Gasteiger partial charge < -0.3 is 20.5 Å². The van der Waals surface area contributed by atoms with Gasteiger partial charge in [0.1, 0.15) is 11.6 Å². The fourth-order valence-electron chi connectivity index (χ4n) is 2.60. The molecule has 7 nitrogen and oxygen atoms in total. The zero-order chi connectivity index (χ0) is 15.8. The molecular formula is C14H22N2O5. The monoisotopic (exact) mass is 298 g/mol. The van der Waals surface area contributed by atoms with Crippen molar-refractivity contribution in [3.63, 3.8) is 0 Å². The molecule has 1 aliphatic carbocycles. The predicted molar refractivity (Wildman–Crippen MR) is 73.6 cm³/mol. The van der Waals surface area contributed by atoms with Crippen LogP contribution in [0, 0.1) is 5.92 Å². The molecule has 0 aromatic carbocycles. The maximum atomic E-state index is 11.9. The van der Waals surface area contributed by atoms with Gasteiger partial charge in [0.05, 0.1) is 0 Å². The molecule has 2 rings (SSSR count). The summed E-state index contributed by atoms with van der Waals surface area (Å²) in [4.78, 5) is 34.8. The number of hydrogen-bond acceptors (Lipinski definition) is 4. The molecule has 1 saturated heterocycles. The van der Waals surface area contributed by atoms with E-state index in [1.165, 1.54) is 0 Å². The molecule has 1 heterocycles. The number of ether oxygens (including phenoxy) is 1. The van der Waals surface area contributed by atoms with Crippen LogP contribution in [0.2, 0.25) is 0 Å². The van der Waals surface area contributed by atoms with Gasteiger partial charge in [-0.15, -0.1) is 0 Å². The highest BCUT2D eigenvalue weighted by Crippen LogP contribution is 2.46. The lowest BCUT2D eigenvalue weighted by Gasteiger charge is -2.22. The molecule has 1 spiro atoms. The zero-order valence-electron chi connectivity index (χ0n) is 12.6. The number of hydrogen-bond donors (Lipinski definition) is 3. The van der Waals surface area contributed by atoms with E-state index in [1.807, 2.05) is 0 Å². The van der Waals surface area contributed by atoms with Crippen molar-refractivity contribution in [3.8, 4) is 0 Å². The minimum atomic E-state index is -1.16. The van der Waals surface area contributed by atoms with E-state index < -0.39 is 23.7 Å². The molecule has 2 atom stereocenters. The van der Waals surface area contributed by atoms with Gasteiger partial charge in [-0.1, -0.05) is 0 Å². The lowest BCUT2D eigenvalue weighted by atomic mass is 9.95. The number of carboxylic acids is 1. The van der Waals surface area contributed by atoms with Gasteiger partial charge in [-0.05, 0) is 46.5 Å². The van der Waals surface area contributed by atoms with Crippen molar-refractivity contribution >= 4 is 18.0 Å². The van der Waals surface area contributed by atoms with E-state index >= 15 is 0 Å². The first-order valence-electron chi connectivity index (χ1n) is 7.15. The molecule has 0 radical (unpaired) electrons. The highest BCUT2D eigenvalue weighted by molar-refractivity contribution is 5.85. The SMILES string of the molecule is CC(C)(C)OC(=O)NC(CC1CC2(CC2)NC1=O)C(=O)O. The first kappa shape index (κ1) is 15.6. The standard InChI is InChI=1S/C14H22N2O5/c1-13(2,3)21-12(20)15-9(11(18)19)6-8-7-14(4-5-14)16-10(8)17/h8-9H,4-7H2,1-3H3,(H,15,20)(H,16,17)(H,18,19). The summed E-state index contributed by atoms with van der Waals surface area (Å²) in [5.74, 6) is -1.65. The summed E-state index contributed by atoms with van der Waals surface area (Å²) in [6.07, 6.45) is 1.85. The zero-order valence-corrected chi connectivity index (χ0v) is 12.6. The summed E-state index contributed by atoms with van der Waals surface area (Å²) in [5.41, 5.74) is -0.799. The molecule has 2 aliphatic rings. The van der Waals surface area contributed by atoms with Crippen molar-refractivity contribution in [1.29, 1.82) is 0 Å². The van der Waals surface area contributed by atoms with Gasteiger partial charge in [-0.25, -0.2) is 9.59 Å². The van der Waals surface area contributed by atoms with E-state index in [1.54, 1.807) is 20.8 Å². The molecule has 118 valence electrons. The molecular weight excluding hydrogens is 276 g/mol. The Morgan fingerprint density at radius 2 is 2.10 bits per heavy atom. The third kappa shape index (κ3) is 4.09. The van der Waals surface area contributed by atoms with Gasteiger partial charge >= 0.3 is 12.1 Å². The van der Waals surface area contributed by atoms with Crippen molar-refractivity contribution in [2.24, 2.45) is 5.92 Å². The summed E-state index contributed by atoms with van der Waals surface area (Å²) >= 11 is 0. The average Bonchev–Trinajstić information content (AvgIpc) is 2.95. The number of alkyl carbamates (subject to hydrolysis) is 1. The van der Waals surface area contributed by atoms with Crippen LogP contribution in [0.1, 0.15) is 46.5 Å². The molecule has 2 amide bonds. The van der Waals surface area contributed by atoms with Crippen LogP contribution >= 0.6 is 0 Å². The summed E-state index contributed by atoms with van der Waals surface area (Å²) < 4.78 is 5.05. The van der Waals surface area contributed by atoms with E-state index in [9.17, 15) is 19.5 Å². The number of amides is 2. The Labute approximate surface area is 123 Å². The van der Waals surface area contributed by atoms with Gasteiger partial charge in [-0.2, -0.15) is 0 Å². The third-order valence-corrected chi connectivity index (χ3v) is 3.76. The highest BCUT2D eigenvalue weighted by Gasteiger charge is 2.52. The second-order valence-electron chi connectivity index (χ2n) is 6.94. The number of carbonyl (C=O) groups excluding carboxylic acids is 2. The van der Waals surface area contributed by atoms with Crippen molar-refractivity contribution in [1.82, 2.24) is 10.6 Å². The largest absolute Gasteiger partial charge is 0.480 e. The topological polar surface area (TPSA) is 105 Å². The maximum Gasteiger partial charge on any atom is 0.408 e. The fourth-order valence-corrected chi connectivity index (χ4v) is 2.60. The Balaban J connectivity index is 1.92. The van der Waals surface area contributed by atoms with Crippen molar-refractivity contribution < 1.29 is 24.2 Å². The minimum Gasteiger partial charge on any atom is -0.480 e. The summed E-state index contributed by atoms with van der Waals surface area (Å²) in [6, 6.07) is -1.12. The first-order chi connectivity index (χ1) is 9.60. The number of carboxylic acid groups (broad SMARTS) is 1. The van der Waals surface area contributed by atoms with Crippen LogP contribution in [0.15, 0.2) is 0 Å². The molecule has 0 aromatic rings. The fraction of sp³-hybridized carbons (Fsp3) is 0.786. The molecule has 21 heavy (non-hydrogen) atoms. The first-order valence-corrected chi connectivity index (χ1v) is 7.15. The number of carbonyl (C=O) groups is 3. The molecule has 2 fully saturated rings. The molecule has 1 aliphatic heterocycles. The van der Waals surface area contributed by atoms with Gasteiger partial charge in [0.25, 0.3) is 0 Å². The summed E-state index contributed by atoms with van der Waals surface area (Å²) in [7, 11) is 0. The normalized spacial score (nSPS) is 24.3. The van der Waals surface area contributed by atoms with E-state index in [0.29, 0.717) is 6.42 Å². The van der Waals surface area contributed by atoms with Gasteiger partial charge in [0, 0.05) is 11.5 Å². The lowest BCUT2D eigenvalue weighted by Crippen LogP contribution is -2.45. The second kappa shape index (κ2) is 5.20. The van der Waals surface area contributed by atoms with Gasteiger partial charge in [-0.3, -0.25) is 4.79 Å². The van der Waals surface area contributed by atoms with E-state index in [2.05, 4.69) is 10.6 Å². The third-order valence-electron chi connectivity index (χ3n) is 3.76. The molecule has 2 unspecified atom stereocenters. The lowest BCUT2D eigenvalue weighted by molar-refractivity contribution is -0.140. The van der Waals surface area contributed by atoms with E-state index in [0.717, 1.165) is 12.8 Å². The minimum absolute atomic E-state index is 0.0855. The molecule has 7 heteroatoms. The van der Waals surface area contributed by atoms with Crippen LogP contribution in [0.25, 0.3) is 0 Å². The van der Waals surface area contributed by atoms with Gasteiger partial charge in [0.15, 0.2) is 0 Å². The average molecular weight is 298 g/mol. The Morgan fingerprint density at radius 1 is 1.48 bits per heavy atom. The van der Waals surface area contributed by atoms with E-state index in [4.69, 9.17) is 4.74 Å². The van der Waals surface area contributed by atoms with Crippen LogP contribution < -0.4 is 10.6 Å². The quantitative estimate of drug-likeness (QED) is 0.719. The summed E-state index contributed by atoms with van der Waals surface area (Å²) in [6.45, 7) is 5.09. The number of aliphatic carboxylic acids is 1. The predicted octanol–water partition coefficient (Wildman–Crippen LogP) is 1.02. The van der Waals surface area contributed by atoms with Crippen molar-refractivity contribution in [2.45, 2.75) is 63.6 Å². The number of nitrogens with one attached hydrogen (secondary N) is 2. The van der Waals surface area contributed by atoms with Crippen LogP contribution in [0.5, 0.6) is 0 Å². The van der Waals surface area contributed by atoms with Crippen molar-refractivity contribution in [3.05, 3.63) is 0 Å². The Bertz CT molecular complexity index is 464. The van der Waals surface area contributed by atoms with Crippen LogP contribution in [-0.4, -0.2) is 40.3 Å². The number of rotatable bonds is 4. The van der Waals surface area contributed by atoms with Gasteiger partial charge in [0.2, 0.25) is 5.91 Å². The Kier molecular flexibility index (Phi) is 3.86. The smallest absolute Gasteiger partial charge is 0.408 e. The molecule has 3 N–H and O–H groups in total. The van der Waals surface area contributed by atoms with Crippen LogP contribution in [-0.2, 0) is 14.3 Å². The Morgan fingerprint density at radius 3 is 2.52 bits per heavy atom. The molecule has 0 aromatic heterocycles. The maximum absolute atomic E-state index is 11.9. The summed E-state index contributed by atoms with van der Waals surface area (Å²) in [5, 5.41) is 14.5. The van der Waals surface area contributed by atoms with Crippen LogP contribution in [0.3, 0.4) is 0 Å².